The second-order valence-electron chi connectivity index (χ2n) is 7.12. The van der Waals surface area contributed by atoms with Crippen LogP contribution >= 0.6 is 0 Å². The summed E-state index contributed by atoms with van der Waals surface area (Å²) in [4.78, 5) is 4.62. The Morgan fingerprint density at radius 3 is 1.52 bits per heavy atom. The smallest absolute Gasteiger partial charge is 0.208 e. The molecule has 3 rings (SSSR count). The van der Waals surface area contributed by atoms with Gasteiger partial charge >= 0.3 is 0 Å². The largest absolute Gasteiger partial charge is 0.492 e. The van der Waals surface area contributed by atoms with E-state index in [0.717, 1.165) is 13.1 Å². The molecule has 1 heterocycles. The van der Waals surface area contributed by atoms with E-state index in [0.29, 0.717) is 45.6 Å². The summed E-state index contributed by atoms with van der Waals surface area (Å²) in [7, 11) is 4.28. The van der Waals surface area contributed by atoms with Crippen molar-refractivity contribution in [3.63, 3.8) is 0 Å². The minimum absolute atomic E-state index is 0.297. The van der Waals surface area contributed by atoms with E-state index in [2.05, 4.69) is 0 Å². The van der Waals surface area contributed by atoms with Crippen LogP contribution in [0.1, 0.15) is 0 Å². The van der Waals surface area contributed by atoms with Gasteiger partial charge in [0.2, 0.25) is 9.84 Å². The third-order valence-electron chi connectivity index (χ3n) is 4.39. The topological polar surface area (TPSA) is 59.1 Å². The second-order valence-corrected chi connectivity index (χ2v) is 9.01. The highest BCUT2D eigenvalue weighted by atomic mass is 32.2. The molecule has 0 amide bonds. The summed E-state index contributed by atoms with van der Waals surface area (Å²) in [5, 5.41) is 0. The molecule has 0 aromatic heterocycles. The molecule has 1 aliphatic heterocycles. The van der Waals surface area contributed by atoms with E-state index < -0.39 is 9.84 Å². The number of fused-ring (bicyclic) bond motifs is 3. The van der Waals surface area contributed by atoms with Crippen LogP contribution in [0.25, 0.3) is 11.1 Å². The van der Waals surface area contributed by atoms with Gasteiger partial charge in [-0.3, -0.25) is 0 Å². The van der Waals surface area contributed by atoms with Crippen molar-refractivity contribution in [2.24, 2.45) is 0 Å². The Kier molecular flexibility index (Phi) is 5.74. The van der Waals surface area contributed by atoms with Crippen LogP contribution in [0.15, 0.2) is 46.2 Å². The first-order chi connectivity index (χ1) is 12.8. The average Bonchev–Trinajstić information content (AvgIpc) is 2.82. The molecule has 2 aromatic rings. The van der Waals surface area contributed by atoms with Crippen LogP contribution in [0.5, 0.6) is 11.5 Å². The fourth-order valence-electron chi connectivity index (χ4n) is 2.89. The van der Waals surface area contributed by atoms with E-state index in [1.807, 2.05) is 62.3 Å². The van der Waals surface area contributed by atoms with Crippen molar-refractivity contribution < 1.29 is 17.9 Å². The fraction of sp³-hybridized carbons (Fsp3) is 0.400. The van der Waals surface area contributed by atoms with Gasteiger partial charge in [0.05, 0.1) is 9.79 Å². The van der Waals surface area contributed by atoms with E-state index in [4.69, 9.17) is 9.47 Å². The molecule has 1 aliphatic rings. The molecular weight excluding hydrogens is 364 g/mol. The maximum Gasteiger partial charge on any atom is 0.208 e. The summed E-state index contributed by atoms with van der Waals surface area (Å²) in [6.07, 6.45) is 0. The molecule has 0 spiro atoms. The standard InChI is InChI=1S/C20H26N2O4S/c1-21(2)9-11-25-15-5-7-17-18-8-6-16(26-12-10-22(3)4)14-20(18)27(23,24)19(17)13-15/h5-8,13-14H,9-12H2,1-4H3. The van der Waals surface area contributed by atoms with Gasteiger partial charge in [0, 0.05) is 24.2 Å². The quantitative estimate of drug-likeness (QED) is 0.589. The summed E-state index contributed by atoms with van der Waals surface area (Å²) < 4.78 is 37.4. The lowest BCUT2D eigenvalue weighted by atomic mass is 10.1. The van der Waals surface area contributed by atoms with Crippen molar-refractivity contribution in [1.82, 2.24) is 9.80 Å². The molecule has 0 unspecified atom stereocenters. The minimum Gasteiger partial charge on any atom is -0.492 e. The van der Waals surface area contributed by atoms with Gasteiger partial charge in [-0.05, 0) is 64.6 Å². The molecule has 7 heteroatoms. The maximum atomic E-state index is 13.0. The van der Waals surface area contributed by atoms with Crippen molar-refractivity contribution in [2.75, 3.05) is 54.5 Å². The molecule has 0 aliphatic carbocycles. The molecule has 27 heavy (non-hydrogen) atoms. The Morgan fingerprint density at radius 1 is 0.741 bits per heavy atom. The summed E-state index contributed by atoms with van der Waals surface area (Å²) in [6, 6.07) is 10.5. The summed E-state index contributed by atoms with van der Waals surface area (Å²) in [5.74, 6) is 1.13. The van der Waals surface area contributed by atoms with Gasteiger partial charge in [-0.25, -0.2) is 8.42 Å². The monoisotopic (exact) mass is 390 g/mol. The SMILES string of the molecule is CN(C)CCOc1ccc2c(c1)S(=O)(=O)c1cc(OCCN(C)C)ccc1-2. The van der Waals surface area contributed by atoms with Crippen LogP contribution in [0.3, 0.4) is 0 Å². The first kappa shape index (κ1) is 19.7. The van der Waals surface area contributed by atoms with Crippen LogP contribution in [-0.4, -0.2) is 72.7 Å². The van der Waals surface area contributed by atoms with Gasteiger partial charge in [0.1, 0.15) is 24.7 Å². The zero-order valence-corrected chi connectivity index (χ0v) is 17.0. The maximum absolute atomic E-state index is 13.0. The van der Waals surface area contributed by atoms with Crippen LogP contribution in [0.2, 0.25) is 0 Å². The minimum atomic E-state index is -3.57. The lowest BCUT2D eigenvalue weighted by Crippen LogP contribution is -2.19. The molecule has 0 radical (unpaired) electrons. The van der Waals surface area contributed by atoms with Crippen molar-refractivity contribution in [3.05, 3.63) is 36.4 Å². The number of sulfone groups is 1. The van der Waals surface area contributed by atoms with Gasteiger partial charge in [-0.1, -0.05) is 0 Å². The summed E-state index contributed by atoms with van der Waals surface area (Å²) in [6.45, 7) is 2.53. The number of hydrogen-bond acceptors (Lipinski definition) is 6. The summed E-state index contributed by atoms with van der Waals surface area (Å²) in [5.41, 5.74) is 1.43. The van der Waals surface area contributed by atoms with Crippen LogP contribution in [0.4, 0.5) is 0 Å². The molecule has 0 bridgehead atoms. The fourth-order valence-corrected chi connectivity index (χ4v) is 4.60. The summed E-state index contributed by atoms with van der Waals surface area (Å²) >= 11 is 0. The number of rotatable bonds is 8. The third-order valence-corrected chi connectivity index (χ3v) is 6.22. The number of likely N-dealkylation sites (N-methyl/N-ethyl adjacent to an activating group) is 2. The van der Waals surface area contributed by atoms with E-state index in [1.54, 1.807) is 12.1 Å². The molecule has 6 nitrogen and oxygen atoms in total. The molecule has 0 saturated carbocycles. The zero-order valence-electron chi connectivity index (χ0n) is 16.2. The first-order valence-corrected chi connectivity index (χ1v) is 10.4. The van der Waals surface area contributed by atoms with Crippen molar-refractivity contribution in [3.8, 4) is 22.6 Å². The Bertz CT molecular complexity index is 854. The Labute approximate surface area is 161 Å². The van der Waals surface area contributed by atoms with E-state index >= 15 is 0 Å². The number of ether oxygens (including phenoxy) is 2. The second kappa shape index (κ2) is 7.88. The molecule has 0 fully saturated rings. The van der Waals surface area contributed by atoms with Crippen LogP contribution < -0.4 is 9.47 Å². The molecule has 0 saturated heterocycles. The van der Waals surface area contributed by atoms with E-state index in [1.165, 1.54) is 0 Å². The molecule has 0 N–H and O–H groups in total. The van der Waals surface area contributed by atoms with Crippen molar-refractivity contribution in [1.29, 1.82) is 0 Å². The number of hydrogen-bond donors (Lipinski definition) is 0. The Balaban J connectivity index is 1.84. The number of benzene rings is 2. The Hall–Kier alpha value is -2.09. The normalized spacial score (nSPS) is 14.3. The first-order valence-electron chi connectivity index (χ1n) is 8.87. The van der Waals surface area contributed by atoms with Crippen LogP contribution in [-0.2, 0) is 9.84 Å². The molecular formula is C20H26N2O4S. The highest BCUT2D eigenvalue weighted by molar-refractivity contribution is 7.92. The average molecular weight is 391 g/mol. The van der Waals surface area contributed by atoms with Gasteiger partial charge in [0.25, 0.3) is 0 Å². The highest BCUT2D eigenvalue weighted by Crippen LogP contribution is 2.45. The molecule has 2 aromatic carbocycles. The predicted molar refractivity (Wildman–Crippen MR) is 105 cm³/mol. The highest BCUT2D eigenvalue weighted by Gasteiger charge is 2.33. The lowest BCUT2D eigenvalue weighted by molar-refractivity contribution is 0.261. The predicted octanol–water partition coefficient (Wildman–Crippen LogP) is 2.38. The van der Waals surface area contributed by atoms with Gasteiger partial charge in [-0.15, -0.1) is 0 Å². The van der Waals surface area contributed by atoms with Crippen molar-refractivity contribution >= 4 is 9.84 Å². The third kappa shape index (κ3) is 4.26. The molecule has 146 valence electrons. The van der Waals surface area contributed by atoms with Gasteiger partial charge < -0.3 is 19.3 Å². The van der Waals surface area contributed by atoms with Gasteiger partial charge in [0.15, 0.2) is 0 Å². The lowest BCUT2D eigenvalue weighted by Gasteiger charge is -2.11. The van der Waals surface area contributed by atoms with E-state index in [9.17, 15) is 8.42 Å². The Morgan fingerprint density at radius 2 is 1.15 bits per heavy atom. The zero-order chi connectivity index (χ0) is 19.6. The number of nitrogens with zero attached hydrogens (tertiary/aromatic N) is 2. The van der Waals surface area contributed by atoms with E-state index in [-0.39, 0.29) is 0 Å². The molecule has 0 atom stereocenters. The van der Waals surface area contributed by atoms with Crippen molar-refractivity contribution in [2.45, 2.75) is 9.79 Å². The van der Waals surface area contributed by atoms with Gasteiger partial charge in [-0.2, -0.15) is 0 Å². The van der Waals surface area contributed by atoms with Crippen LogP contribution in [0, 0.1) is 0 Å².